The number of rotatable bonds is 8. The van der Waals surface area contributed by atoms with Gasteiger partial charge in [-0.15, -0.1) is 0 Å². The molecular formula is C50H58N2O2. The molecule has 2 heterocycles. The Morgan fingerprint density at radius 3 is 1.94 bits per heavy atom. The Kier molecular flexibility index (Phi) is 9.12. The van der Waals surface area contributed by atoms with Crippen molar-refractivity contribution in [2.75, 3.05) is 18.0 Å². The Balaban J connectivity index is 1.20. The fourth-order valence-corrected chi connectivity index (χ4v) is 11.1. The predicted octanol–water partition coefficient (Wildman–Crippen LogP) is 10.9. The van der Waals surface area contributed by atoms with Crippen LogP contribution < -0.4 is 10.0 Å². The van der Waals surface area contributed by atoms with E-state index in [2.05, 4.69) is 122 Å². The zero-order valence-electron chi connectivity index (χ0n) is 33.0. The van der Waals surface area contributed by atoms with Gasteiger partial charge in [0.25, 0.3) is 0 Å². The van der Waals surface area contributed by atoms with Gasteiger partial charge in [0.1, 0.15) is 12.6 Å². The third kappa shape index (κ3) is 5.53. The molecule has 2 saturated carbocycles. The van der Waals surface area contributed by atoms with E-state index in [9.17, 15) is 10.2 Å². The molecule has 1 N–H and O–H groups in total. The summed E-state index contributed by atoms with van der Waals surface area (Å²) in [6.45, 7) is 11.0. The summed E-state index contributed by atoms with van der Waals surface area (Å²) < 4.78 is 2.54. The molecule has 0 bridgehead atoms. The first-order valence-corrected chi connectivity index (χ1v) is 21.2. The summed E-state index contributed by atoms with van der Waals surface area (Å²) in [6, 6.07) is 26.9. The monoisotopic (exact) mass is 718 g/mol. The second kappa shape index (κ2) is 13.9. The quantitative estimate of drug-likeness (QED) is 0.185. The summed E-state index contributed by atoms with van der Waals surface area (Å²) in [6.07, 6.45) is 17.1. The molecule has 4 heteroatoms. The van der Waals surface area contributed by atoms with E-state index in [1.165, 1.54) is 94.0 Å². The first-order valence-electron chi connectivity index (χ1n) is 21.2. The van der Waals surface area contributed by atoms with Gasteiger partial charge in [-0.25, -0.2) is 0 Å². The SMILES string of the molecule is CC(C)CCN1/C(=C/C2=C([O-])C(=C/C3=[N+](CCC(C)C)c4ccc5ccccc5c4C34CCCCC4)/C2O)C2(CCCCC2)c2c1ccc1ccccc21. The van der Waals surface area contributed by atoms with Gasteiger partial charge in [-0.3, -0.25) is 0 Å². The van der Waals surface area contributed by atoms with Crippen molar-refractivity contribution < 1.29 is 14.8 Å². The lowest BCUT2D eigenvalue weighted by atomic mass is 9.65. The average Bonchev–Trinajstić information content (AvgIpc) is 3.59. The summed E-state index contributed by atoms with van der Waals surface area (Å²) >= 11 is 0. The molecule has 2 spiro atoms. The van der Waals surface area contributed by atoms with Crippen molar-refractivity contribution in [2.45, 2.75) is 122 Å². The molecule has 0 radical (unpaired) electrons. The lowest BCUT2D eigenvalue weighted by molar-refractivity contribution is -0.439. The second-order valence-electron chi connectivity index (χ2n) is 18.0. The predicted molar refractivity (Wildman–Crippen MR) is 223 cm³/mol. The van der Waals surface area contributed by atoms with Crippen molar-refractivity contribution >= 4 is 38.6 Å². The topological polar surface area (TPSA) is 49.5 Å². The molecular weight excluding hydrogens is 661 g/mol. The van der Waals surface area contributed by atoms with E-state index in [-0.39, 0.29) is 16.6 Å². The molecule has 1 atom stereocenters. The second-order valence-corrected chi connectivity index (χ2v) is 18.0. The largest absolute Gasteiger partial charge is 0.872 e. The van der Waals surface area contributed by atoms with Gasteiger partial charge in [0.2, 0.25) is 5.69 Å². The Hall–Kier alpha value is -4.15. The minimum Gasteiger partial charge on any atom is -0.872 e. The van der Waals surface area contributed by atoms with Gasteiger partial charge in [-0.1, -0.05) is 127 Å². The number of allylic oxidation sites excluding steroid dienone is 2. The van der Waals surface area contributed by atoms with E-state index >= 15 is 0 Å². The van der Waals surface area contributed by atoms with E-state index in [4.69, 9.17) is 0 Å². The molecule has 4 aromatic carbocycles. The van der Waals surface area contributed by atoms with Crippen molar-refractivity contribution in [1.82, 2.24) is 0 Å². The van der Waals surface area contributed by atoms with Gasteiger partial charge in [0.05, 0.1) is 5.41 Å². The maximum absolute atomic E-state index is 14.6. The highest BCUT2D eigenvalue weighted by molar-refractivity contribution is 6.09. The zero-order valence-corrected chi connectivity index (χ0v) is 33.0. The van der Waals surface area contributed by atoms with Crippen molar-refractivity contribution in [3.05, 3.63) is 119 Å². The molecule has 0 amide bonds. The van der Waals surface area contributed by atoms with Crippen molar-refractivity contribution in [1.29, 1.82) is 0 Å². The zero-order chi connectivity index (χ0) is 37.2. The average molecular weight is 719 g/mol. The number of hydrogen-bond donors (Lipinski definition) is 1. The molecule has 0 aromatic heterocycles. The van der Waals surface area contributed by atoms with Crippen LogP contribution in [-0.2, 0) is 10.8 Å². The molecule has 3 aliphatic carbocycles. The molecule has 4 aromatic rings. The minimum atomic E-state index is -0.890. The highest BCUT2D eigenvalue weighted by Crippen LogP contribution is 2.59. The summed E-state index contributed by atoms with van der Waals surface area (Å²) in [5.74, 6) is 1.15. The number of hydrogen-bond acceptors (Lipinski definition) is 3. The summed E-state index contributed by atoms with van der Waals surface area (Å²) in [4.78, 5) is 2.54. The maximum Gasteiger partial charge on any atom is 0.210 e. The number of benzene rings is 4. The van der Waals surface area contributed by atoms with Crippen LogP contribution >= 0.6 is 0 Å². The summed E-state index contributed by atoms with van der Waals surface area (Å²) in [7, 11) is 0. The fourth-order valence-electron chi connectivity index (χ4n) is 11.1. The van der Waals surface area contributed by atoms with Crippen LogP contribution in [0, 0.1) is 11.8 Å². The molecule has 2 aliphatic heterocycles. The van der Waals surface area contributed by atoms with Gasteiger partial charge >= 0.3 is 0 Å². The van der Waals surface area contributed by atoms with E-state index in [1.54, 1.807) is 0 Å². The van der Waals surface area contributed by atoms with Crippen LogP contribution in [0.3, 0.4) is 0 Å². The first kappa shape index (κ1) is 35.5. The van der Waals surface area contributed by atoms with Crippen molar-refractivity contribution in [2.24, 2.45) is 11.8 Å². The number of aliphatic hydroxyl groups is 1. The standard InChI is InChI=1S/C50H58N2O2/c1-33(2)23-29-51-41-21-19-35-15-7-9-17-37(35)45(41)49(25-11-5-12-26-49)43(51)31-39-47(53)40(48(39)54)32-44-50(27-13-6-14-28-50)46-38-18-10-8-16-36(38)20-22-42(46)52(44)30-24-34(3)4/h7-10,15-22,31-34,47,53H,5-6,11-14,23-30H2,1-4H3. The Morgan fingerprint density at radius 2 is 1.31 bits per heavy atom. The number of anilines is 1. The minimum absolute atomic E-state index is 0.0219. The van der Waals surface area contributed by atoms with Crippen LogP contribution in [-0.4, -0.2) is 34.6 Å². The third-order valence-electron chi connectivity index (χ3n) is 13.9. The Labute approximate surface area is 322 Å². The van der Waals surface area contributed by atoms with E-state index in [0.717, 1.165) is 51.6 Å². The first-order chi connectivity index (χ1) is 26.2. The van der Waals surface area contributed by atoms with Gasteiger partial charge in [-0.05, 0) is 100 Å². The molecule has 4 nitrogen and oxygen atoms in total. The van der Waals surface area contributed by atoms with E-state index in [0.29, 0.717) is 23.0 Å². The number of aliphatic hydroxyl groups excluding tert-OH is 1. The molecule has 2 fully saturated rings. The highest BCUT2D eigenvalue weighted by Gasteiger charge is 2.53. The van der Waals surface area contributed by atoms with Gasteiger partial charge in [-0.2, -0.15) is 4.58 Å². The molecule has 9 rings (SSSR count). The lowest BCUT2D eigenvalue weighted by Gasteiger charge is -2.41. The van der Waals surface area contributed by atoms with Crippen LogP contribution in [0.15, 0.2) is 108 Å². The van der Waals surface area contributed by atoms with Crippen LogP contribution in [0.5, 0.6) is 0 Å². The maximum atomic E-state index is 14.6. The third-order valence-corrected chi connectivity index (χ3v) is 13.9. The Bertz CT molecular complexity index is 2240. The van der Waals surface area contributed by atoms with Crippen molar-refractivity contribution in [3.63, 3.8) is 0 Å². The molecule has 54 heavy (non-hydrogen) atoms. The smallest absolute Gasteiger partial charge is 0.210 e. The highest BCUT2D eigenvalue weighted by atomic mass is 16.3. The van der Waals surface area contributed by atoms with E-state index in [1.807, 2.05) is 0 Å². The molecule has 5 aliphatic rings. The number of fused-ring (bicyclic) bond motifs is 8. The Morgan fingerprint density at radius 1 is 0.722 bits per heavy atom. The summed E-state index contributed by atoms with van der Waals surface area (Å²) in [5, 5.41) is 32.1. The van der Waals surface area contributed by atoms with Crippen LogP contribution in [0.2, 0.25) is 0 Å². The van der Waals surface area contributed by atoms with Crippen LogP contribution in [0.1, 0.15) is 116 Å². The van der Waals surface area contributed by atoms with Crippen LogP contribution in [0.4, 0.5) is 11.4 Å². The van der Waals surface area contributed by atoms with Crippen LogP contribution in [0.25, 0.3) is 21.5 Å². The van der Waals surface area contributed by atoms with Gasteiger partial charge in [0.15, 0.2) is 5.71 Å². The molecule has 280 valence electrons. The summed E-state index contributed by atoms with van der Waals surface area (Å²) in [5.41, 5.74) is 8.80. The normalized spacial score (nSPS) is 23.2. The van der Waals surface area contributed by atoms with Gasteiger partial charge in [0, 0.05) is 47.5 Å². The molecule has 0 saturated heterocycles. The van der Waals surface area contributed by atoms with E-state index < -0.39 is 6.10 Å². The lowest BCUT2D eigenvalue weighted by Crippen LogP contribution is -2.40. The van der Waals surface area contributed by atoms with Crippen molar-refractivity contribution in [3.8, 4) is 0 Å². The number of nitrogens with zero attached hydrogens (tertiary/aromatic N) is 2. The fraction of sp³-hybridized carbons (Fsp3) is 0.460. The molecule has 1 unspecified atom stereocenters. The van der Waals surface area contributed by atoms with Gasteiger partial charge < -0.3 is 15.1 Å².